The van der Waals surface area contributed by atoms with E-state index >= 15 is 0 Å². The summed E-state index contributed by atoms with van der Waals surface area (Å²) in [7, 11) is -3.31. The van der Waals surface area contributed by atoms with Crippen molar-refractivity contribution in [1.29, 1.82) is 0 Å². The van der Waals surface area contributed by atoms with Gasteiger partial charge in [0.2, 0.25) is 10.0 Å². The lowest BCUT2D eigenvalue weighted by Crippen LogP contribution is -2.30. The summed E-state index contributed by atoms with van der Waals surface area (Å²) in [5.41, 5.74) is 4.33. The maximum Gasteiger partial charge on any atom is 0.252 e. The van der Waals surface area contributed by atoms with Crippen molar-refractivity contribution in [2.45, 2.75) is 31.6 Å². The second kappa shape index (κ2) is 9.67. The molecule has 1 fully saturated rings. The lowest BCUT2D eigenvalue weighted by molar-refractivity contribution is 0.0943. The summed E-state index contributed by atoms with van der Waals surface area (Å²) in [5.74, 6) is -0.235. The molecule has 0 aromatic heterocycles. The monoisotopic (exact) mass is 448 g/mol. The smallest absolute Gasteiger partial charge is 0.252 e. The second-order valence-corrected chi connectivity index (χ2v) is 10.2. The van der Waals surface area contributed by atoms with Gasteiger partial charge in [0.1, 0.15) is 0 Å². The number of carbonyl (C=O) groups is 1. The maximum absolute atomic E-state index is 13.1. The van der Waals surface area contributed by atoms with E-state index < -0.39 is 10.0 Å². The Kier molecular flexibility index (Phi) is 6.72. The van der Waals surface area contributed by atoms with Crippen LogP contribution in [0.4, 0.5) is 0 Å². The van der Waals surface area contributed by atoms with Crippen LogP contribution in [0.1, 0.15) is 51.5 Å². The number of nitrogens with one attached hydrogen (secondary N) is 1. The van der Waals surface area contributed by atoms with E-state index in [1.54, 1.807) is 28.6 Å². The number of aryl methyl sites for hydroxylation is 1. The molecular formula is C26H28N2O3S. The number of hydrogen-bond acceptors (Lipinski definition) is 3. The zero-order valence-electron chi connectivity index (χ0n) is 18.2. The number of nitrogens with zero attached hydrogens (tertiary/aromatic N) is 1. The van der Waals surface area contributed by atoms with Crippen molar-refractivity contribution in [3.8, 4) is 0 Å². The number of amides is 1. The molecule has 3 aromatic rings. The Morgan fingerprint density at radius 1 is 0.906 bits per heavy atom. The van der Waals surface area contributed by atoms with Gasteiger partial charge in [-0.1, -0.05) is 66.7 Å². The molecule has 1 aliphatic rings. The van der Waals surface area contributed by atoms with Crippen LogP contribution in [-0.4, -0.2) is 31.7 Å². The van der Waals surface area contributed by atoms with Crippen LogP contribution in [0.15, 0.2) is 78.9 Å². The molecule has 0 unspecified atom stereocenters. The molecule has 6 heteroatoms. The first-order valence-electron chi connectivity index (χ1n) is 10.9. The lowest BCUT2D eigenvalue weighted by atomic mass is 9.94. The maximum atomic E-state index is 13.1. The Balaban J connectivity index is 1.52. The number of carbonyl (C=O) groups excluding carboxylic acids is 1. The van der Waals surface area contributed by atoms with Gasteiger partial charge in [-0.15, -0.1) is 0 Å². The quantitative estimate of drug-likeness (QED) is 0.581. The van der Waals surface area contributed by atoms with Crippen molar-refractivity contribution in [2.24, 2.45) is 0 Å². The number of sulfonamides is 1. The molecular weight excluding hydrogens is 420 g/mol. The van der Waals surface area contributed by atoms with Crippen LogP contribution in [-0.2, 0) is 15.8 Å². The fourth-order valence-electron chi connectivity index (χ4n) is 4.13. The van der Waals surface area contributed by atoms with Crippen molar-refractivity contribution in [3.05, 3.63) is 107 Å². The number of benzene rings is 3. The first-order chi connectivity index (χ1) is 15.4. The highest BCUT2D eigenvalue weighted by molar-refractivity contribution is 7.88. The zero-order chi connectivity index (χ0) is 22.6. The van der Waals surface area contributed by atoms with Crippen LogP contribution in [0.5, 0.6) is 0 Å². The van der Waals surface area contributed by atoms with Gasteiger partial charge in [0.25, 0.3) is 5.91 Å². The predicted octanol–water partition coefficient (Wildman–Crippen LogP) is 4.44. The first kappa shape index (κ1) is 22.2. The third kappa shape index (κ3) is 5.09. The molecule has 5 nitrogen and oxygen atoms in total. The second-order valence-electron chi connectivity index (χ2n) is 8.23. The van der Waals surface area contributed by atoms with E-state index in [0.29, 0.717) is 24.2 Å². The highest BCUT2D eigenvalue weighted by Crippen LogP contribution is 2.25. The minimum absolute atomic E-state index is 0.0370. The van der Waals surface area contributed by atoms with E-state index in [0.717, 1.165) is 29.5 Å². The van der Waals surface area contributed by atoms with E-state index in [-0.39, 0.29) is 17.7 Å². The summed E-state index contributed by atoms with van der Waals surface area (Å²) in [6.07, 6.45) is 1.84. The molecule has 0 spiro atoms. The molecule has 0 aliphatic carbocycles. The largest absolute Gasteiger partial charge is 0.341 e. The van der Waals surface area contributed by atoms with E-state index in [9.17, 15) is 13.2 Å². The van der Waals surface area contributed by atoms with E-state index in [1.807, 2.05) is 61.5 Å². The van der Waals surface area contributed by atoms with Crippen LogP contribution in [0, 0.1) is 6.92 Å². The third-order valence-corrected chi connectivity index (χ3v) is 7.78. The zero-order valence-corrected chi connectivity index (χ0v) is 19.0. The molecule has 0 saturated carbocycles. The fraction of sp³-hybridized carbons (Fsp3) is 0.269. The topological polar surface area (TPSA) is 66.5 Å². The van der Waals surface area contributed by atoms with Crippen molar-refractivity contribution in [2.75, 3.05) is 13.1 Å². The molecule has 4 rings (SSSR count). The summed E-state index contributed by atoms with van der Waals surface area (Å²) in [4.78, 5) is 13.1. The van der Waals surface area contributed by atoms with Gasteiger partial charge < -0.3 is 5.32 Å². The van der Waals surface area contributed by atoms with Crippen LogP contribution in [0.2, 0.25) is 0 Å². The summed E-state index contributed by atoms with van der Waals surface area (Å²) < 4.78 is 26.7. The third-order valence-electron chi connectivity index (χ3n) is 5.93. The Morgan fingerprint density at radius 2 is 1.53 bits per heavy atom. The van der Waals surface area contributed by atoms with Gasteiger partial charge >= 0.3 is 0 Å². The normalized spacial score (nSPS) is 15.4. The van der Waals surface area contributed by atoms with Crippen LogP contribution in [0.25, 0.3) is 0 Å². The Bertz CT molecular complexity index is 1170. The molecule has 1 heterocycles. The van der Waals surface area contributed by atoms with Crippen molar-refractivity contribution in [3.63, 3.8) is 0 Å². The molecule has 1 saturated heterocycles. The first-order valence-corrected chi connectivity index (χ1v) is 12.5. The van der Waals surface area contributed by atoms with Crippen LogP contribution < -0.4 is 5.32 Å². The molecule has 0 bridgehead atoms. The van der Waals surface area contributed by atoms with Gasteiger partial charge in [0.15, 0.2) is 0 Å². The Hall–Kier alpha value is -2.96. The lowest BCUT2D eigenvalue weighted by Gasteiger charge is -2.22. The van der Waals surface area contributed by atoms with Crippen molar-refractivity contribution < 1.29 is 13.2 Å². The Morgan fingerprint density at radius 3 is 2.19 bits per heavy atom. The SMILES string of the molecule is Cc1ccccc1[C@H](NC(=O)c1ccc(CS(=O)(=O)N2CCCC2)cc1)c1ccccc1. The molecule has 3 aromatic carbocycles. The highest BCUT2D eigenvalue weighted by Gasteiger charge is 2.25. The van der Waals surface area contributed by atoms with Gasteiger partial charge in [-0.2, -0.15) is 0 Å². The minimum Gasteiger partial charge on any atom is -0.341 e. The van der Waals surface area contributed by atoms with E-state index in [2.05, 4.69) is 5.32 Å². The molecule has 166 valence electrons. The van der Waals surface area contributed by atoms with E-state index in [1.165, 1.54) is 0 Å². The fourth-order valence-corrected chi connectivity index (χ4v) is 5.74. The van der Waals surface area contributed by atoms with Gasteiger partial charge in [-0.05, 0) is 54.2 Å². The molecule has 1 N–H and O–H groups in total. The number of rotatable bonds is 7. The predicted molar refractivity (Wildman–Crippen MR) is 127 cm³/mol. The summed E-state index contributed by atoms with van der Waals surface area (Å²) in [6.45, 7) is 3.23. The summed E-state index contributed by atoms with van der Waals surface area (Å²) in [6, 6.07) is 24.5. The van der Waals surface area contributed by atoms with Gasteiger partial charge in [-0.25, -0.2) is 12.7 Å². The summed E-state index contributed by atoms with van der Waals surface area (Å²) >= 11 is 0. The summed E-state index contributed by atoms with van der Waals surface area (Å²) in [5, 5.41) is 3.15. The molecule has 0 radical (unpaired) electrons. The average molecular weight is 449 g/mol. The van der Waals surface area contributed by atoms with Gasteiger partial charge in [0.05, 0.1) is 11.8 Å². The highest BCUT2D eigenvalue weighted by atomic mass is 32.2. The molecule has 32 heavy (non-hydrogen) atoms. The molecule has 1 amide bonds. The van der Waals surface area contributed by atoms with Gasteiger partial charge in [-0.3, -0.25) is 4.79 Å². The average Bonchev–Trinajstić information content (AvgIpc) is 3.35. The Labute approximate surface area is 190 Å². The van der Waals surface area contributed by atoms with Crippen molar-refractivity contribution in [1.82, 2.24) is 9.62 Å². The number of hydrogen-bond donors (Lipinski definition) is 1. The molecule has 1 atom stereocenters. The minimum atomic E-state index is -3.31. The van der Waals surface area contributed by atoms with Gasteiger partial charge in [0, 0.05) is 18.7 Å². The van der Waals surface area contributed by atoms with Crippen LogP contribution >= 0.6 is 0 Å². The standard InChI is InChI=1S/C26H28N2O3S/c1-20-9-5-6-12-24(20)25(22-10-3-2-4-11-22)27-26(29)23-15-13-21(14-16-23)19-32(30,31)28-17-7-8-18-28/h2-6,9-16,25H,7-8,17-19H2,1H3,(H,27,29)/t25-/m1/s1. The van der Waals surface area contributed by atoms with Crippen molar-refractivity contribution >= 4 is 15.9 Å². The molecule has 1 aliphatic heterocycles. The van der Waals surface area contributed by atoms with E-state index in [4.69, 9.17) is 0 Å². The van der Waals surface area contributed by atoms with Crippen LogP contribution in [0.3, 0.4) is 0 Å².